The highest BCUT2D eigenvalue weighted by Crippen LogP contribution is 2.59. The first-order chi connectivity index (χ1) is 12.7. The molecule has 6 atom stereocenters. The van der Waals surface area contributed by atoms with Crippen LogP contribution in [0.5, 0.6) is 0 Å². The fraction of sp³-hybridized carbons (Fsp3) is 1.00. The van der Waals surface area contributed by atoms with Crippen molar-refractivity contribution in [3.05, 3.63) is 0 Å². The van der Waals surface area contributed by atoms with Crippen LogP contribution >= 0.6 is 7.82 Å². The molecule has 0 aromatic carbocycles. The van der Waals surface area contributed by atoms with E-state index in [1.807, 2.05) is 13.8 Å². The lowest BCUT2D eigenvalue weighted by molar-refractivity contribution is -0.284. The van der Waals surface area contributed by atoms with Crippen molar-refractivity contribution in [2.45, 2.75) is 110 Å². The zero-order chi connectivity index (χ0) is 19.7. The third kappa shape index (κ3) is 5.34. The van der Waals surface area contributed by atoms with Crippen molar-refractivity contribution in [1.29, 1.82) is 0 Å². The smallest absolute Gasteiger partial charge is 0.347 e. The monoisotopic (exact) mass is 404 g/mol. The van der Waals surface area contributed by atoms with E-state index in [0.717, 1.165) is 19.3 Å². The van der Waals surface area contributed by atoms with Crippen LogP contribution in [0.3, 0.4) is 0 Å². The van der Waals surface area contributed by atoms with Crippen molar-refractivity contribution in [3.8, 4) is 0 Å². The molecule has 0 amide bonds. The highest BCUT2D eigenvalue weighted by atomic mass is 31.2. The van der Waals surface area contributed by atoms with Gasteiger partial charge in [0.05, 0.1) is 24.4 Å². The first kappa shape index (κ1) is 21.7. The van der Waals surface area contributed by atoms with Gasteiger partial charge in [-0.3, -0.25) is 13.6 Å². The van der Waals surface area contributed by atoms with Gasteiger partial charge >= 0.3 is 7.82 Å². The molecular formula is C20H37O6P. The van der Waals surface area contributed by atoms with Crippen LogP contribution in [0.1, 0.15) is 79.6 Å². The first-order valence-corrected chi connectivity index (χ1v) is 12.1. The first-order valence-electron chi connectivity index (χ1n) is 10.7. The second-order valence-corrected chi connectivity index (χ2v) is 10.6. The van der Waals surface area contributed by atoms with Crippen LogP contribution in [-0.2, 0) is 27.6 Å². The van der Waals surface area contributed by atoms with Crippen LogP contribution in [-0.4, -0.2) is 36.8 Å². The van der Waals surface area contributed by atoms with E-state index in [0.29, 0.717) is 13.0 Å². The lowest BCUT2D eigenvalue weighted by Crippen LogP contribution is -2.52. The summed E-state index contributed by atoms with van der Waals surface area (Å²) >= 11 is 0. The van der Waals surface area contributed by atoms with E-state index in [9.17, 15) is 4.57 Å². The van der Waals surface area contributed by atoms with Crippen LogP contribution in [0.25, 0.3) is 0 Å². The van der Waals surface area contributed by atoms with Gasteiger partial charge in [0.1, 0.15) is 6.10 Å². The molecule has 0 radical (unpaired) electrons. The highest BCUT2D eigenvalue weighted by Gasteiger charge is 2.49. The van der Waals surface area contributed by atoms with E-state index in [4.69, 9.17) is 23.0 Å². The van der Waals surface area contributed by atoms with Gasteiger partial charge in [-0.1, -0.05) is 40.0 Å². The second-order valence-electron chi connectivity index (χ2n) is 9.02. The molecule has 2 aliphatic heterocycles. The number of phosphoric ester groups is 1. The Bertz CT molecular complexity index is 533. The third-order valence-electron chi connectivity index (χ3n) is 6.36. The van der Waals surface area contributed by atoms with E-state index in [2.05, 4.69) is 20.8 Å². The summed E-state index contributed by atoms with van der Waals surface area (Å²) < 4.78 is 43.1. The van der Waals surface area contributed by atoms with Crippen molar-refractivity contribution >= 4 is 7.82 Å². The Kier molecular flexibility index (Phi) is 7.09. The molecular weight excluding hydrogens is 367 g/mol. The summed E-state index contributed by atoms with van der Waals surface area (Å²) in [6.45, 7) is 10.6. The third-order valence-corrected chi connectivity index (χ3v) is 8.07. The molecule has 0 N–H and O–H groups in total. The number of ether oxygens (including phenoxy) is 2. The van der Waals surface area contributed by atoms with Gasteiger partial charge in [-0.05, 0) is 44.9 Å². The Labute approximate surface area is 164 Å². The Balaban J connectivity index is 1.76. The molecule has 0 aromatic rings. The lowest BCUT2D eigenvalue weighted by Gasteiger charge is -2.46. The molecule has 0 spiro atoms. The molecule has 3 aliphatic rings. The minimum absolute atomic E-state index is 0.110. The molecule has 158 valence electrons. The standard InChI is InChI=1S/C20H37O6P/c1-6-17-14(2)15(3)18(19(24-17)23-16-10-8-7-9-11-16)25-27(21)22-13-12-20(4,5)26-27/h14-19H,6-13H2,1-5H3. The average Bonchev–Trinajstić information content (AvgIpc) is 2.61. The van der Waals surface area contributed by atoms with Crippen LogP contribution in [0.4, 0.5) is 0 Å². The molecule has 6 unspecified atom stereocenters. The summed E-state index contributed by atoms with van der Waals surface area (Å²) in [7, 11) is -3.65. The SMILES string of the molecule is CCC1OC(OC2CCCCC2)C(OP2(=O)OCCC(C)(C)O2)C(C)C1C. The van der Waals surface area contributed by atoms with Gasteiger partial charge in [0.25, 0.3) is 0 Å². The molecule has 6 nitrogen and oxygen atoms in total. The summed E-state index contributed by atoms with van der Waals surface area (Å²) in [5.74, 6) is 0.399. The van der Waals surface area contributed by atoms with Crippen molar-refractivity contribution in [2.75, 3.05) is 6.61 Å². The molecule has 0 aromatic heterocycles. The maximum atomic E-state index is 13.2. The largest absolute Gasteiger partial charge is 0.475 e. The zero-order valence-electron chi connectivity index (χ0n) is 17.5. The van der Waals surface area contributed by atoms with E-state index < -0.39 is 25.8 Å². The zero-order valence-corrected chi connectivity index (χ0v) is 18.4. The summed E-state index contributed by atoms with van der Waals surface area (Å²) in [6.07, 6.45) is 6.62. The molecule has 7 heteroatoms. The van der Waals surface area contributed by atoms with Gasteiger partial charge in [0.2, 0.25) is 0 Å². The topological polar surface area (TPSA) is 63.2 Å². The Hall–Kier alpha value is 0.0300. The van der Waals surface area contributed by atoms with E-state index in [1.165, 1.54) is 19.3 Å². The quantitative estimate of drug-likeness (QED) is 0.568. The molecule has 2 heterocycles. The minimum Gasteiger partial charge on any atom is -0.347 e. The normalized spacial score (nSPS) is 43.5. The van der Waals surface area contributed by atoms with E-state index in [-0.39, 0.29) is 24.0 Å². The van der Waals surface area contributed by atoms with Gasteiger partial charge in [0, 0.05) is 6.42 Å². The van der Waals surface area contributed by atoms with Crippen molar-refractivity contribution < 1.29 is 27.6 Å². The van der Waals surface area contributed by atoms with E-state index in [1.54, 1.807) is 0 Å². The number of hydrogen-bond acceptors (Lipinski definition) is 6. The van der Waals surface area contributed by atoms with Gasteiger partial charge < -0.3 is 9.47 Å². The minimum atomic E-state index is -3.65. The lowest BCUT2D eigenvalue weighted by atomic mass is 9.82. The average molecular weight is 404 g/mol. The molecule has 1 saturated carbocycles. The van der Waals surface area contributed by atoms with Crippen molar-refractivity contribution in [3.63, 3.8) is 0 Å². The fourth-order valence-electron chi connectivity index (χ4n) is 4.35. The second kappa shape index (κ2) is 8.81. The van der Waals surface area contributed by atoms with Gasteiger partial charge in [0.15, 0.2) is 6.29 Å². The molecule has 3 rings (SSSR count). The maximum Gasteiger partial charge on any atom is 0.475 e. The van der Waals surface area contributed by atoms with E-state index >= 15 is 0 Å². The van der Waals surface area contributed by atoms with Crippen LogP contribution < -0.4 is 0 Å². The Morgan fingerprint density at radius 2 is 1.81 bits per heavy atom. The number of phosphoric acid groups is 1. The molecule has 27 heavy (non-hydrogen) atoms. The number of rotatable bonds is 5. The van der Waals surface area contributed by atoms with Crippen molar-refractivity contribution in [2.24, 2.45) is 11.8 Å². The van der Waals surface area contributed by atoms with Crippen LogP contribution in [0.2, 0.25) is 0 Å². The van der Waals surface area contributed by atoms with Gasteiger partial charge in [-0.15, -0.1) is 0 Å². The molecule has 0 bridgehead atoms. The molecule has 3 fully saturated rings. The predicted molar refractivity (Wildman–Crippen MR) is 103 cm³/mol. The summed E-state index contributed by atoms with van der Waals surface area (Å²) in [5, 5.41) is 0. The summed E-state index contributed by atoms with van der Waals surface area (Å²) in [4.78, 5) is 0. The Morgan fingerprint density at radius 1 is 1.11 bits per heavy atom. The molecule has 2 saturated heterocycles. The van der Waals surface area contributed by atoms with Crippen molar-refractivity contribution in [1.82, 2.24) is 0 Å². The van der Waals surface area contributed by atoms with Crippen LogP contribution in [0.15, 0.2) is 0 Å². The number of hydrogen-bond donors (Lipinski definition) is 0. The fourth-order valence-corrected chi connectivity index (χ4v) is 6.11. The highest BCUT2D eigenvalue weighted by molar-refractivity contribution is 7.48. The summed E-state index contributed by atoms with van der Waals surface area (Å²) in [5.41, 5.74) is -0.524. The van der Waals surface area contributed by atoms with Gasteiger partial charge in [-0.25, -0.2) is 4.57 Å². The van der Waals surface area contributed by atoms with Crippen LogP contribution in [0, 0.1) is 11.8 Å². The molecule has 1 aliphatic carbocycles. The maximum absolute atomic E-state index is 13.2. The van der Waals surface area contributed by atoms with Gasteiger partial charge in [-0.2, -0.15) is 0 Å². The summed E-state index contributed by atoms with van der Waals surface area (Å²) in [6, 6.07) is 0. The Morgan fingerprint density at radius 3 is 2.44 bits per heavy atom. The predicted octanol–water partition coefficient (Wildman–Crippen LogP) is 5.45.